The molecule has 180 valence electrons. The Morgan fingerprint density at radius 1 is 1.26 bits per heavy atom. The highest BCUT2D eigenvalue weighted by molar-refractivity contribution is 7.90. The molecule has 0 radical (unpaired) electrons. The van der Waals surface area contributed by atoms with E-state index >= 15 is 0 Å². The number of alkyl halides is 2. The standard InChI is InChI=1S/C24H25F2N3O4S/c1-13-8-18-23(27-13)19(10-15(28-18)11-20(30)16-12-24(16,25)26)29-17-6-5-14(21-4-3-7-33-21)9-22(17)34(2,31)32/h5-6,9-10,16,21H,3-4,7-8,11-12H2,1-2H3,(H,28,29)/t16-,21-/m1/s1. The number of sulfone groups is 1. The number of benzene rings is 1. The molecule has 0 bridgehead atoms. The smallest absolute Gasteiger partial charge is 0.258 e. The minimum atomic E-state index is -3.58. The zero-order chi connectivity index (χ0) is 24.3. The monoisotopic (exact) mass is 489 g/mol. The lowest BCUT2D eigenvalue weighted by atomic mass is 10.1. The van der Waals surface area contributed by atoms with Gasteiger partial charge in [0.25, 0.3) is 5.92 Å². The van der Waals surface area contributed by atoms with Crippen LogP contribution in [0.25, 0.3) is 0 Å². The molecule has 1 aliphatic carbocycles. The fourth-order valence-corrected chi connectivity index (χ4v) is 5.42. The first-order valence-electron chi connectivity index (χ1n) is 11.2. The molecule has 5 rings (SSSR count). The zero-order valence-electron chi connectivity index (χ0n) is 18.9. The van der Waals surface area contributed by atoms with E-state index in [0.29, 0.717) is 41.5 Å². The van der Waals surface area contributed by atoms with Crippen molar-refractivity contribution in [3.63, 3.8) is 0 Å². The van der Waals surface area contributed by atoms with Gasteiger partial charge in [0.1, 0.15) is 11.5 Å². The van der Waals surface area contributed by atoms with Gasteiger partial charge in [-0.3, -0.25) is 14.8 Å². The SMILES string of the molecule is CC1=Nc2c(Nc3ccc([C@H]4CCCO4)cc3S(C)(=O)=O)cc(CC(=O)[C@H]3CC3(F)F)nc2C1. The normalized spacial score (nSPS) is 22.9. The molecule has 34 heavy (non-hydrogen) atoms. The van der Waals surface area contributed by atoms with Crippen LogP contribution in [-0.4, -0.2) is 43.7 Å². The van der Waals surface area contributed by atoms with Crippen LogP contribution in [0.5, 0.6) is 0 Å². The second-order valence-corrected chi connectivity index (χ2v) is 11.3. The molecule has 2 fully saturated rings. The number of aliphatic imine (C=N–C) groups is 1. The Morgan fingerprint density at radius 3 is 2.68 bits per heavy atom. The summed E-state index contributed by atoms with van der Waals surface area (Å²) in [5.41, 5.74) is 4.02. The number of aromatic nitrogens is 1. The molecule has 2 aliphatic heterocycles. The van der Waals surface area contributed by atoms with Crippen LogP contribution in [0.2, 0.25) is 0 Å². The van der Waals surface area contributed by atoms with E-state index in [0.717, 1.165) is 30.4 Å². The second kappa shape index (κ2) is 8.20. The second-order valence-electron chi connectivity index (χ2n) is 9.30. The maximum Gasteiger partial charge on any atom is 0.258 e. The van der Waals surface area contributed by atoms with E-state index in [1.807, 2.05) is 13.0 Å². The van der Waals surface area contributed by atoms with Crippen LogP contribution in [0, 0.1) is 5.92 Å². The Kier molecular flexibility index (Phi) is 5.55. The third-order valence-corrected chi connectivity index (χ3v) is 7.53. The minimum absolute atomic E-state index is 0.125. The molecule has 1 saturated carbocycles. The molecular formula is C24H25F2N3O4S. The van der Waals surface area contributed by atoms with Crippen molar-refractivity contribution in [3.05, 3.63) is 41.2 Å². The Morgan fingerprint density at radius 2 is 2.03 bits per heavy atom. The van der Waals surface area contributed by atoms with Crippen LogP contribution in [0.1, 0.15) is 49.2 Å². The van der Waals surface area contributed by atoms with Gasteiger partial charge in [-0.1, -0.05) is 6.07 Å². The number of carbonyl (C=O) groups excluding carboxylic acids is 1. The highest BCUT2D eigenvalue weighted by atomic mass is 32.2. The summed E-state index contributed by atoms with van der Waals surface area (Å²) in [6.07, 6.45) is 2.61. The van der Waals surface area contributed by atoms with Gasteiger partial charge in [0.2, 0.25) is 0 Å². The van der Waals surface area contributed by atoms with Crippen molar-refractivity contribution in [2.45, 2.75) is 55.9 Å². The average Bonchev–Trinajstić information content (AvgIpc) is 3.12. The summed E-state index contributed by atoms with van der Waals surface area (Å²) in [4.78, 5) is 21.5. The summed E-state index contributed by atoms with van der Waals surface area (Å²) < 4.78 is 57.6. The maximum absolute atomic E-state index is 13.4. The molecule has 0 amide bonds. The first kappa shape index (κ1) is 23.0. The lowest BCUT2D eigenvalue weighted by Gasteiger charge is -2.17. The van der Waals surface area contributed by atoms with Crippen molar-refractivity contribution < 1.29 is 26.7 Å². The molecule has 1 N–H and O–H groups in total. The number of anilines is 2. The van der Waals surface area contributed by atoms with Crippen molar-refractivity contribution in [3.8, 4) is 0 Å². The van der Waals surface area contributed by atoms with Crippen LogP contribution in [-0.2, 0) is 32.2 Å². The quantitative estimate of drug-likeness (QED) is 0.615. The van der Waals surface area contributed by atoms with Gasteiger partial charge in [0.15, 0.2) is 9.84 Å². The first-order chi connectivity index (χ1) is 16.0. The van der Waals surface area contributed by atoms with E-state index in [-0.39, 0.29) is 17.4 Å². The van der Waals surface area contributed by atoms with Gasteiger partial charge >= 0.3 is 0 Å². The Hall–Kier alpha value is -2.72. The number of pyridine rings is 1. The highest BCUT2D eigenvalue weighted by Crippen LogP contribution is 2.49. The summed E-state index contributed by atoms with van der Waals surface area (Å²) in [6.45, 7) is 2.49. The summed E-state index contributed by atoms with van der Waals surface area (Å²) in [7, 11) is -3.58. The zero-order valence-corrected chi connectivity index (χ0v) is 19.7. The number of halogens is 2. The van der Waals surface area contributed by atoms with Crippen LogP contribution in [0.3, 0.4) is 0 Å². The highest BCUT2D eigenvalue weighted by Gasteiger charge is 2.60. The van der Waals surface area contributed by atoms with Crippen molar-refractivity contribution in [2.75, 3.05) is 18.2 Å². The van der Waals surface area contributed by atoms with Gasteiger partial charge in [0, 0.05) is 37.8 Å². The number of rotatable bonds is 7. The number of nitrogens with one attached hydrogen (secondary N) is 1. The molecule has 3 heterocycles. The van der Waals surface area contributed by atoms with E-state index in [1.165, 1.54) is 0 Å². The molecule has 10 heteroatoms. The van der Waals surface area contributed by atoms with Crippen molar-refractivity contribution >= 4 is 38.4 Å². The molecule has 0 unspecified atom stereocenters. The molecule has 7 nitrogen and oxygen atoms in total. The fraction of sp³-hybridized carbons (Fsp3) is 0.458. The van der Waals surface area contributed by atoms with Crippen LogP contribution in [0.4, 0.5) is 25.8 Å². The van der Waals surface area contributed by atoms with Gasteiger partial charge in [-0.2, -0.15) is 0 Å². The number of Topliss-reactive ketones (excluding diaryl/α,β-unsaturated/α-hetero) is 1. The molecule has 2 atom stereocenters. The minimum Gasteiger partial charge on any atom is -0.374 e. The number of carbonyl (C=O) groups is 1. The lowest BCUT2D eigenvalue weighted by molar-refractivity contribution is -0.121. The largest absolute Gasteiger partial charge is 0.374 e. The first-order valence-corrected chi connectivity index (χ1v) is 13.1. The maximum atomic E-state index is 13.4. The predicted octanol–water partition coefficient (Wildman–Crippen LogP) is 4.50. The van der Waals surface area contributed by atoms with Gasteiger partial charge in [-0.05, 0) is 43.5 Å². The lowest BCUT2D eigenvalue weighted by Crippen LogP contribution is -2.12. The molecular weight excluding hydrogens is 464 g/mol. The van der Waals surface area contributed by atoms with Gasteiger partial charge in [0.05, 0.1) is 39.7 Å². The molecule has 3 aliphatic rings. The van der Waals surface area contributed by atoms with E-state index in [2.05, 4.69) is 15.3 Å². The Balaban J connectivity index is 1.50. The molecule has 2 aromatic rings. The molecule has 0 spiro atoms. The molecule has 1 saturated heterocycles. The van der Waals surface area contributed by atoms with Crippen LogP contribution in [0.15, 0.2) is 34.2 Å². The number of fused-ring (bicyclic) bond motifs is 1. The van der Waals surface area contributed by atoms with Gasteiger partial charge in [-0.15, -0.1) is 0 Å². The summed E-state index contributed by atoms with van der Waals surface area (Å²) in [5.74, 6) is -4.72. The molecule has 1 aromatic heterocycles. The van der Waals surface area contributed by atoms with E-state index < -0.39 is 33.9 Å². The third kappa shape index (κ3) is 4.48. The Labute approximate surface area is 196 Å². The van der Waals surface area contributed by atoms with Gasteiger partial charge < -0.3 is 10.1 Å². The third-order valence-electron chi connectivity index (χ3n) is 6.39. The van der Waals surface area contributed by atoms with E-state index in [4.69, 9.17) is 4.74 Å². The number of hydrogen-bond donors (Lipinski definition) is 1. The fourth-order valence-electron chi connectivity index (χ4n) is 4.55. The van der Waals surface area contributed by atoms with E-state index in [1.54, 1.807) is 18.2 Å². The summed E-state index contributed by atoms with van der Waals surface area (Å²) >= 11 is 0. The number of ether oxygens (including phenoxy) is 1. The number of nitrogens with zero attached hydrogens (tertiary/aromatic N) is 2. The number of ketones is 1. The van der Waals surface area contributed by atoms with Crippen molar-refractivity contribution in [1.29, 1.82) is 0 Å². The molecule has 1 aromatic carbocycles. The number of hydrogen-bond acceptors (Lipinski definition) is 7. The average molecular weight is 490 g/mol. The van der Waals surface area contributed by atoms with E-state index in [9.17, 15) is 22.0 Å². The summed E-state index contributed by atoms with van der Waals surface area (Å²) in [6, 6.07) is 6.76. The topological polar surface area (TPSA) is 97.7 Å². The van der Waals surface area contributed by atoms with Crippen molar-refractivity contribution in [2.24, 2.45) is 10.9 Å². The van der Waals surface area contributed by atoms with Crippen LogP contribution < -0.4 is 5.32 Å². The Bertz CT molecular complexity index is 1320. The van der Waals surface area contributed by atoms with Crippen LogP contribution >= 0.6 is 0 Å². The summed E-state index contributed by atoms with van der Waals surface area (Å²) in [5, 5.41) is 3.17. The predicted molar refractivity (Wildman–Crippen MR) is 123 cm³/mol. The van der Waals surface area contributed by atoms with Gasteiger partial charge in [-0.25, -0.2) is 17.2 Å². The van der Waals surface area contributed by atoms with Crippen molar-refractivity contribution in [1.82, 2.24) is 4.98 Å².